The van der Waals surface area contributed by atoms with Crippen LogP contribution in [0.3, 0.4) is 0 Å². The monoisotopic (exact) mass is 396 g/mol. The molecule has 0 spiro atoms. The van der Waals surface area contributed by atoms with Crippen LogP contribution in [0.2, 0.25) is 0 Å². The van der Waals surface area contributed by atoms with Crippen LogP contribution >= 0.6 is 0 Å². The Morgan fingerprint density at radius 3 is 2.44 bits per heavy atom. The van der Waals surface area contributed by atoms with Gasteiger partial charge in [-0.25, -0.2) is 8.42 Å². The fourth-order valence-electron chi connectivity index (χ4n) is 3.11. The first-order chi connectivity index (χ1) is 12.8. The molecule has 27 heavy (non-hydrogen) atoms. The minimum atomic E-state index is -3.50. The molecule has 1 saturated heterocycles. The van der Waals surface area contributed by atoms with E-state index < -0.39 is 10.0 Å². The van der Waals surface area contributed by atoms with Gasteiger partial charge in [-0.05, 0) is 55.9 Å². The van der Waals surface area contributed by atoms with Crippen molar-refractivity contribution in [1.29, 1.82) is 0 Å². The molecule has 1 heterocycles. The van der Waals surface area contributed by atoms with Crippen molar-refractivity contribution < 1.29 is 17.9 Å². The number of nitrogens with zero attached hydrogens (tertiary/aromatic N) is 1. The van der Waals surface area contributed by atoms with Gasteiger partial charge in [0, 0.05) is 25.6 Å². The molecule has 1 atom stereocenters. The summed E-state index contributed by atoms with van der Waals surface area (Å²) in [6.07, 6.45) is 3.60. The second kappa shape index (κ2) is 9.55. The molecule has 0 aliphatic carbocycles. The number of rotatable bonds is 8. The first kappa shape index (κ1) is 21.7. The van der Waals surface area contributed by atoms with Crippen LogP contribution in [0.25, 0.3) is 0 Å². The molecule has 2 rings (SSSR count). The fourth-order valence-corrected chi connectivity index (χ4v) is 4.67. The maximum Gasteiger partial charge on any atom is 0.243 e. The summed E-state index contributed by atoms with van der Waals surface area (Å²) >= 11 is 0. The van der Waals surface area contributed by atoms with Crippen LogP contribution in [0.15, 0.2) is 23.1 Å². The Kier molecular flexibility index (Phi) is 7.68. The van der Waals surface area contributed by atoms with Crippen LogP contribution < -0.4 is 10.1 Å². The molecular weight excluding hydrogens is 364 g/mol. The van der Waals surface area contributed by atoms with Gasteiger partial charge in [-0.15, -0.1) is 0 Å². The molecule has 1 aliphatic heterocycles. The molecule has 0 saturated carbocycles. The van der Waals surface area contributed by atoms with Crippen molar-refractivity contribution in [2.75, 3.05) is 20.2 Å². The standard InChI is InChI=1S/C20H32N2O4S/c1-15(2)16(3)21-20(23)11-8-17-14-18(9-10-19(17)26-4)27(24,25)22-12-6-5-7-13-22/h9-10,14-16H,5-8,11-13H2,1-4H3,(H,21,23)/t16-/m0/s1. The van der Waals surface area contributed by atoms with E-state index in [1.54, 1.807) is 29.6 Å². The Balaban J connectivity index is 2.14. The molecule has 1 amide bonds. The zero-order chi connectivity index (χ0) is 20.0. The third-order valence-electron chi connectivity index (χ3n) is 5.21. The van der Waals surface area contributed by atoms with Gasteiger partial charge >= 0.3 is 0 Å². The van der Waals surface area contributed by atoms with Gasteiger partial charge in [0.05, 0.1) is 12.0 Å². The van der Waals surface area contributed by atoms with Gasteiger partial charge in [0.15, 0.2) is 0 Å². The van der Waals surface area contributed by atoms with Crippen LogP contribution in [0.5, 0.6) is 5.75 Å². The number of hydrogen-bond donors (Lipinski definition) is 1. The predicted molar refractivity (Wildman–Crippen MR) is 106 cm³/mol. The summed E-state index contributed by atoms with van der Waals surface area (Å²) in [5.41, 5.74) is 0.739. The highest BCUT2D eigenvalue weighted by Gasteiger charge is 2.26. The number of benzene rings is 1. The summed E-state index contributed by atoms with van der Waals surface area (Å²) in [4.78, 5) is 12.5. The number of nitrogens with one attached hydrogen (secondary N) is 1. The SMILES string of the molecule is COc1ccc(S(=O)(=O)N2CCCCC2)cc1CCC(=O)N[C@@H](C)C(C)C. The van der Waals surface area contributed by atoms with Crippen molar-refractivity contribution in [1.82, 2.24) is 9.62 Å². The normalized spacial score (nSPS) is 16.9. The molecular formula is C20H32N2O4S. The second-order valence-corrected chi connectivity index (χ2v) is 9.48. The van der Waals surface area contributed by atoms with E-state index in [9.17, 15) is 13.2 Å². The molecule has 1 aromatic rings. The molecule has 1 fully saturated rings. The molecule has 152 valence electrons. The minimum absolute atomic E-state index is 0.0393. The zero-order valence-electron chi connectivity index (χ0n) is 16.8. The van der Waals surface area contributed by atoms with Gasteiger partial charge in [-0.3, -0.25) is 4.79 Å². The third kappa shape index (κ3) is 5.69. The van der Waals surface area contributed by atoms with E-state index in [2.05, 4.69) is 19.2 Å². The Labute approximate surface area is 163 Å². The molecule has 6 nitrogen and oxygen atoms in total. The summed E-state index contributed by atoms with van der Waals surface area (Å²) in [5, 5.41) is 2.98. The summed E-state index contributed by atoms with van der Waals surface area (Å²) in [7, 11) is -1.95. The van der Waals surface area contributed by atoms with E-state index in [4.69, 9.17) is 4.74 Å². The molecule has 1 N–H and O–H groups in total. The van der Waals surface area contributed by atoms with Crippen LogP contribution in [0.1, 0.15) is 52.0 Å². The molecule has 0 unspecified atom stereocenters. The lowest BCUT2D eigenvalue weighted by Gasteiger charge is -2.26. The van der Waals surface area contributed by atoms with Gasteiger partial charge in [0.25, 0.3) is 0 Å². The maximum atomic E-state index is 12.9. The molecule has 7 heteroatoms. The molecule has 1 aliphatic rings. The van der Waals surface area contributed by atoms with Gasteiger partial charge < -0.3 is 10.1 Å². The second-order valence-electron chi connectivity index (χ2n) is 7.54. The van der Waals surface area contributed by atoms with Crippen molar-refractivity contribution in [2.45, 2.75) is 63.8 Å². The average Bonchev–Trinajstić information content (AvgIpc) is 2.66. The van der Waals surface area contributed by atoms with Gasteiger partial charge in [0.1, 0.15) is 5.75 Å². The summed E-state index contributed by atoms with van der Waals surface area (Å²) in [5.74, 6) is 0.932. The molecule has 1 aromatic carbocycles. The van der Waals surface area contributed by atoms with Crippen molar-refractivity contribution in [3.8, 4) is 5.75 Å². The Morgan fingerprint density at radius 1 is 1.19 bits per heavy atom. The highest BCUT2D eigenvalue weighted by atomic mass is 32.2. The van der Waals surface area contributed by atoms with Crippen LogP contribution in [0, 0.1) is 5.92 Å². The quantitative estimate of drug-likeness (QED) is 0.733. The van der Waals surface area contributed by atoms with Crippen LogP contribution in [0.4, 0.5) is 0 Å². The van der Waals surface area contributed by atoms with Crippen molar-refractivity contribution in [3.63, 3.8) is 0 Å². The van der Waals surface area contributed by atoms with E-state index in [0.29, 0.717) is 37.6 Å². The minimum Gasteiger partial charge on any atom is -0.496 e. The van der Waals surface area contributed by atoms with Gasteiger partial charge in [-0.2, -0.15) is 4.31 Å². The number of hydrogen-bond acceptors (Lipinski definition) is 4. The van der Waals surface area contributed by atoms with E-state index >= 15 is 0 Å². The fraction of sp³-hybridized carbons (Fsp3) is 0.650. The number of carbonyl (C=O) groups excluding carboxylic acids is 1. The van der Waals surface area contributed by atoms with Crippen LogP contribution in [-0.4, -0.2) is 44.9 Å². The molecule has 0 bridgehead atoms. The number of ether oxygens (including phenoxy) is 1. The highest BCUT2D eigenvalue weighted by molar-refractivity contribution is 7.89. The highest BCUT2D eigenvalue weighted by Crippen LogP contribution is 2.27. The molecule has 0 aromatic heterocycles. The van der Waals surface area contributed by atoms with E-state index in [-0.39, 0.29) is 16.8 Å². The Bertz CT molecular complexity index is 740. The van der Waals surface area contributed by atoms with E-state index in [1.807, 2.05) is 6.92 Å². The molecule has 0 radical (unpaired) electrons. The Hall–Kier alpha value is -1.60. The first-order valence-electron chi connectivity index (χ1n) is 9.72. The number of aryl methyl sites for hydroxylation is 1. The lowest BCUT2D eigenvalue weighted by Crippen LogP contribution is -2.36. The lowest BCUT2D eigenvalue weighted by molar-refractivity contribution is -0.121. The number of sulfonamides is 1. The van der Waals surface area contributed by atoms with Crippen LogP contribution in [-0.2, 0) is 21.2 Å². The summed E-state index contributed by atoms with van der Waals surface area (Å²) in [6, 6.07) is 5.03. The van der Waals surface area contributed by atoms with Crippen molar-refractivity contribution >= 4 is 15.9 Å². The topological polar surface area (TPSA) is 75.7 Å². The smallest absolute Gasteiger partial charge is 0.243 e. The first-order valence-corrected chi connectivity index (χ1v) is 11.2. The van der Waals surface area contributed by atoms with Crippen molar-refractivity contribution in [3.05, 3.63) is 23.8 Å². The largest absolute Gasteiger partial charge is 0.496 e. The predicted octanol–water partition coefficient (Wildman–Crippen LogP) is 2.96. The van der Waals surface area contributed by atoms with E-state index in [1.165, 1.54) is 0 Å². The number of carbonyl (C=O) groups is 1. The average molecular weight is 397 g/mol. The Morgan fingerprint density at radius 2 is 1.85 bits per heavy atom. The van der Waals surface area contributed by atoms with E-state index in [0.717, 1.165) is 24.8 Å². The van der Waals surface area contributed by atoms with Crippen molar-refractivity contribution in [2.24, 2.45) is 5.92 Å². The zero-order valence-corrected chi connectivity index (χ0v) is 17.6. The lowest BCUT2D eigenvalue weighted by atomic mass is 10.1. The number of piperidine rings is 1. The van der Waals surface area contributed by atoms with Gasteiger partial charge in [-0.1, -0.05) is 20.3 Å². The number of amides is 1. The third-order valence-corrected chi connectivity index (χ3v) is 7.11. The van der Waals surface area contributed by atoms with Gasteiger partial charge in [0.2, 0.25) is 15.9 Å². The summed E-state index contributed by atoms with van der Waals surface area (Å²) in [6.45, 7) is 7.24. The summed E-state index contributed by atoms with van der Waals surface area (Å²) < 4.78 is 32.7. The maximum absolute atomic E-state index is 12.9. The number of methoxy groups -OCH3 is 1.